The fraction of sp³-hybridized carbons (Fsp3) is 0.385. The molecule has 3 N–H and O–H groups in total. The summed E-state index contributed by atoms with van der Waals surface area (Å²) in [6.07, 6.45) is 2.15. The van der Waals surface area contributed by atoms with Crippen LogP contribution in [0.3, 0.4) is 0 Å². The van der Waals surface area contributed by atoms with Crippen LogP contribution < -0.4 is 11.1 Å². The van der Waals surface area contributed by atoms with Gasteiger partial charge in [-0.15, -0.1) is 0 Å². The summed E-state index contributed by atoms with van der Waals surface area (Å²) in [4.78, 5) is 0. The highest BCUT2D eigenvalue weighted by Crippen LogP contribution is 2.25. The van der Waals surface area contributed by atoms with E-state index in [1.165, 1.54) is 10.9 Å². The Bertz CT molecular complexity index is 497. The minimum atomic E-state index is 0.497. The molecule has 2 aromatic rings. The van der Waals surface area contributed by atoms with Crippen LogP contribution >= 0.6 is 0 Å². The van der Waals surface area contributed by atoms with Gasteiger partial charge in [-0.25, -0.2) is 0 Å². The first kappa shape index (κ1) is 11.0. The zero-order chi connectivity index (χ0) is 11.7. The molecule has 0 aliphatic rings. The van der Waals surface area contributed by atoms with E-state index in [0.717, 1.165) is 17.7 Å². The first-order valence-electron chi connectivity index (χ1n) is 5.65. The van der Waals surface area contributed by atoms with E-state index in [0.29, 0.717) is 6.04 Å². The topological polar surface area (TPSA) is 43.0 Å². The maximum Gasteiger partial charge on any atom is 0.0714 e. The monoisotopic (exact) mass is 217 g/mol. The predicted octanol–water partition coefficient (Wildman–Crippen LogP) is 2.26. The summed E-state index contributed by atoms with van der Waals surface area (Å²) in [5.41, 5.74) is 9.26. The van der Waals surface area contributed by atoms with Crippen molar-refractivity contribution in [2.75, 3.05) is 5.73 Å². The number of rotatable bonds is 3. The maximum atomic E-state index is 5.99. The number of para-hydroxylation sites is 1. The van der Waals surface area contributed by atoms with Crippen LogP contribution in [-0.4, -0.2) is 10.6 Å². The third-order valence-corrected chi connectivity index (χ3v) is 2.82. The first-order valence-corrected chi connectivity index (χ1v) is 5.65. The molecule has 16 heavy (non-hydrogen) atoms. The molecule has 0 spiro atoms. The van der Waals surface area contributed by atoms with Crippen molar-refractivity contribution >= 4 is 16.6 Å². The third kappa shape index (κ3) is 1.91. The quantitative estimate of drug-likeness (QED) is 0.774. The lowest BCUT2D eigenvalue weighted by Gasteiger charge is -2.06. The number of hydrogen-bond acceptors (Lipinski definition) is 2. The number of nitrogens with two attached hydrogens (primary N) is 1. The molecule has 0 aliphatic carbocycles. The minimum absolute atomic E-state index is 0.497. The molecule has 0 bridgehead atoms. The van der Waals surface area contributed by atoms with Crippen molar-refractivity contribution in [3.8, 4) is 0 Å². The average Bonchev–Trinajstić information content (AvgIpc) is 2.54. The molecule has 0 aliphatic heterocycles. The molecular formula is C13H19N3. The Labute approximate surface area is 96.2 Å². The van der Waals surface area contributed by atoms with Crippen molar-refractivity contribution in [1.82, 2.24) is 9.88 Å². The van der Waals surface area contributed by atoms with Gasteiger partial charge in [0.25, 0.3) is 0 Å². The van der Waals surface area contributed by atoms with Crippen molar-refractivity contribution in [2.45, 2.75) is 26.4 Å². The van der Waals surface area contributed by atoms with Crippen molar-refractivity contribution in [3.05, 3.63) is 30.0 Å². The van der Waals surface area contributed by atoms with Crippen LogP contribution in [0.15, 0.2) is 24.4 Å². The van der Waals surface area contributed by atoms with Gasteiger partial charge in [0.15, 0.2) is 0 Å². The zero-order valence-corrected chi connectivity index (χ0v) is 10.1. The number of aryl methyl sites for hydroxylation is 1. The van der Waals surface area contributed by atoms with Gasteiger partial charge in [-0.05, 0) is 11.6 Å². The number of benzene rings is 1. The average molecular weight is 217 g/mol. The number of fused-ring (bicyclic) bond motifs is 1. The molecule has 1 aromatic carbocycles. The lowest BCUT2D eigenvalue weighted by atomic mass is 10.1. The summed E-state index contributed by atoms with van der Waals surface area (Å²) >= 11 is 0. The van der Waals surface area contributed by atoms with Crippen LogP contribution in [0.25, 0.3) is 10.9 Å². The Morgan fingerprint density at radius 2 is 2.12 bits per heavy atom. The maximum absolute atomic E-state index is 5.99. The van der Waals surface area contributed by atoms with E-state index in [1.807, 2.05) is 19.2 Å². The number of nitrogens with one attached hydrogen (secondary N) is 1. The summed E-state index contributed by atoms with van der Waals surface area (Å²) < 4.78 is 2.10. The normalized spacial score (nSPS) is 11.5. The summed E-state index contributed by atoms with van der Waals surface area (Å²) in [6.45, 7) is 5.19. The molecule has 0 saturated heterocycles. The summed E-state index contributed by atoms with van der Waals surface area (Å²) in [5.74, 6) is 0. The number of nitrogen functional groups attached to an aromatic ring is 1. The molecular weight excluding hydrogens is 198 g/mol. The van der Waals surface area contributed by atoms with Crippen molar-refractivity contribution in [1.29, 1.82) is 0 Å². The van der Waals surface area contributed by atoms with E-state index in [2.05, 4.69) is 36.0 Å². The van der Waals surface area contributed by atoms with E-state index >= 15 is 0 Å². The SMILES string of the molecule is CC(C)NCc1cn(C)c2c(N)cccc12. The van der Waals surface area contributed by atoms with Crippen LogP contribution in [0.2, 0.25) is 0 Å². The van der Waals surface area contributed by atoms with Gasteiger partial charge in [-0.3, -0.25) is 0 Å². The van der Waals surface area contributed by atoms with Gasteiger partial charge in [0.2, 0.25) is 0 Å². The van der Waals surface area contributed by atoms with Gasteiger partial charge >= 0.3 is 0 Å². The number of anilines is 1. The van der Waals surface area contributed by atoms with Crippen LogP contribution in [0.5, 0.6) is 0 Å². The predicted molar refractivity (Wildman–Crippen MR) is 69.3 cm³/mol. The van der Waals surface area contributed by atoms with E-state index in [4.69, 9.17) is 5.73 Å². The largest absolute Gasteiger partial charge is 0.397 e. The molecule has 0 fully saturated rings. The zero-order valence-electron chi connectivity index (χ0n) is 10.1. The second kappa shape index (κ2) is 4.18. The van der Waals surface area contributed by atoms with Crippen LogP contribution in [0, 0.1) is 0 Å². The molecule has 0 radical (unpaired) electrons. The Kier molecular flexibility index (Phi) is 2.88. The highest BCUT2D eigenvalue weighted by atomic mass is 15.0. The van der Waals surface area contributed by atoms with Crippen molar-refractivity contribution < 1.29 is 0 Å². The smallest absolute Gasteiger partial charge is 0.0714 e. The molecule has 2 rings (SSSR count). The van der Waals surface area contributed by atoms with Gasteiger partial charge in [0.1, 0.15) is 0 Å². The number of nitrogens with zero attached hydrogens (tertiary/aromatic N) is 1. The number of hydrogen-bond donors (Lipinski definition) is 2. The van der Waals surface area contributed by atoms with Crippen molar-refractivity contribution in [3.63, 3.8) is 0 Å². The van der Waals surface area contributed by atoms with Gasteiger partial charge < -0.3 is 15.6 Å². The fourth-order valence-electron chi connectivity index (χ4n) is 2.04. The minimum Gasteiger partial charge on any atom is -0.397 e. The van der Waals surface area contributed by atoms with Gasteiger partial charge in [-0.2, -0.15) is 0 Å². The highest BCUT2D eigenvalue weighted by molar-refractivity contribution is 5.93. The lowest BCUT2D eigenvalue weighted by Crippen LogP contribution is -2.21. The Morgan fingerprint density at radius 1 is 1.38 bits per heavy atom. The summed E-state index contributed by atoms with van der Waals surface area (Å²) in [7, 11) is 2.04. The van der Waals surface area contributed by atoms with Gasteiger partial charge in [0.05, 0.1) is 11.2 Å². The molecule has 1 aromatic heterocycles. The van der Waals surface area contributed by atoms with Crippen molar-refractivity contribution in [2.24, 2.45) is 7.05 Å². The highest BCUT2D eigenvalue weighted by Gasteiger charge is 2.08. The molecule has 0 unspecified atom stereocenters. The summed E-state index contributed by atoms with van der Waals surface area (Å²) in [6, 6.07) is 6.58. The Morgan fingerprint density at radius 3 is 2.81 bits per heavy atom. The van der Waals surface area contributed by atoms with Gasteiger partial charge in [-0.1, -0.05) is 26.0 Å². The molecule has 0 amide bonds. The van der Waals surface area contributed by atoms with E-state index in [1.54, 1.807) is 0 Å². The summed E-state index contributed by atoms with van der Waals surface area (Å²) in [5, 5.41) is 4.68. The van der Waals surface area contributed by atoms with E-state index in [9.17, 15) is 0 Å². The second-order valence-electron chi connectivity index (χ2n) is 4.54. The van der Waals surface area contributed by atoms with Gasteiger partial charge in [0, 0.05) is 31.2 Å². The first-order chi connectivity index (χ1) is 7.59. The van der Waals surface area contributed by atoms with E-state index in [-0.39, 0.29) is 0 Å². The lowest BCUT2D eigenvalue weighted by molar-refractivity contribution is 0.590. The van der Waals surface area contributed by atoms with Crippen LogP contribution in [-0.2, 0) is 13.6 Å². The third-order valence-electron chi connectivity index (χ3n) is 2.82. The second-order valence-corrected chi connectivity index (χ2v) is 4.54. The molecule has 3 nitrogen and oxygen atoms in total. The van der Waals surface area contributed by atoms with Crippen LogP contribution in [0.1, 0.15) is 19.4 Å². The fourth-order valence-corrected chi connectivity index (χ4v) is 2.04. The standard InChI is InChI=1S/C13H19N3/c1-9(2)15-7-10-8-16(3)13-11(10)5-4-6-12(13)14/h4-6,8-9,15H,7,14H2,1-3H3. The van der Waals surface area contributed by atoms with E-state index < -0.39 is 0 Å². The Hall–Kier alpha value is -1.48. The molecule has 86 valence electrons. The molecule has 3 heteroatoms. The molecule has 1 heterocycles. The number of aromatic nitrogens is 1. The Balaban J connectivity index is 2.43. The molecule has 0 atom stereocenters. The van der Waals surface area contributed by atoms with Crippen LogP contribution in [0.4, 0.5) is 5.69 Å². The molecule has 0 saturated carbocycles.